The van der Waals surface area contributed by atoms with Crippen molar-refractivity contribution >= 4 is 39.6 Å². The Morgan fingerprint density at radius 3 is 2.20 bits per heavy atom. The van der Waals surface area contributed by atoms with E-state index in [2.05, 4.69) is 11.0 Å². The Labute approximate surface area is 265 Å². The zero-order chi connectivity index (χ0) is 30.6. The molecule has 0 spiro atoms. The molecule has 0 unspecified atom stereocenters. The number of benzene rings is 3. The van der Waals surface area contributed by atoms with E-state index in [1.54, 1.807) is 12.2 Å². The summed E-state index contributed by atoms with van der Waals surface area (Å²) in [7, 11) is 0. The molecule has 1 saturated heterocycles. The van der Waals surface area contributed by atoms with Gasteiger partial charge in [0.15, 0.2) is 5.75 Å². The van der Waals surface area contributed by atoms with Crippen molar-refractivity contribution in [2.45, 2.75) is 25.7 Å². The van der Waals surface area contributed by atoms with Crippen LogP contribution in [0.4, 0.5) is 10.5 Å². The van der Waals surface area contributed by atoms with Crippen molar-refractivity contribution in [2.24, 2.45) is 0 Å². The number of thioether (sulfide) groups is 1. The van der Waals surface area contributed by atoms with Crippen LogP contribution < -0.4 is 19.1 Å². The molecule has 3 aromatic carbocycles. The Morgan fingerprint density at radius 2 is 1.47 bits per heavy atom. The van der Waals surface area contributed by atoms with Crippen LogP contribution in [0.3, 0.4) is 0 Å². The molecule has 1 aliphatic carbocycles. The molecule has 0 N–H and O–H groups in total. The molecular weight excluding hydrogens is 588 g/mol. The molecular formula is C36H32N2O6S. The van der Waals surface area contributed by atoms with Gasteiger partial charge in [0, 0.05) is 23.4 Å². The molecule has 2 amide bonds. The van der Waals surface area contributed by atoms with E-state index in [9.17, 15) is 9.59 Å². The van der Waals surface area contributed by atoms with Crippen LogP contribution in [0.2, 0.25) is 0 Å². The first-order valence-corrected chi connectivity index (χ1v) is 16.0. The highest BCUT2D eigenvalue weighted by Crippen LogP contribution is 2.44. The number of carbonyl (C=O) groups is 2. The maximum atomic E-state index is 12.9. The minimum Gasteiger partial charge on any atom is -0.492 e. The summed E-state index contributed by atoms with van der Waals surface area (Å²) in [6.07, 6.45) is 11.4. The zero-order valence-corrected chi connectivity index (χ0v) is 25.5. The lowest BCUT2D eigenvalue weighted by Crippen LogP contribution is -2.32. The van der Waals surface area contributed by atoms with Crippen molar-refractivity contribution < 1.29 is 28.2 Å². The van der Waals surface area contributed by atoms with Crippen molar-refractivity contribution in [2.75, 3.05) is 31.2 Å². The number of hydrogen-bond donors (Lipinski definition) is 0. The average Bonchev–Trinajstić information content (AvgIpc) is 3.69. The maximum Gasteiger partial charge on any atom is 0.293 e. The van der Waals surface area contributed by atoms with E-state index in [0.29, 0.717) is 29.7 Å². The third kappa shape index (κ3) is 6.21. The predicted molar refractivity (Wildman–Crippen MR) is 175 cm³/mol. The van der Waals surface area contributed by atoms with Gasteiger partial charge in [-0.2, -0.15) is 0 Å². The number of imide groups is 1. The minimum absolute atomic E-state index is 0.183. The summed E-state index contributed by atoms with van der Waals surface area (Å²) in [6.45, 7) is 1.43. The number of anilines is 1. The Morgan fingerprint density at radius 1 is 0.800 bits per heavy atom. The number of ether oxygens (including phenoxy) is 3. The van der Waals surface area contributed by atoms with Crippen molar-refractivity contribution in [3.63, 3.8) is 0 Å². The van der Waals surface area contributed by atoms with E-state index in [1.165, 1.54) is 16.9 Å². The summed E-state index contributed by atoms with van der Waals surface area (Å²) >= 11 is 0.926. The molecule has 7 rings (SSSR count). The van der Waals surface area contributed by atoms with Gasteiger partial charge >= 0.3 is 0 Å². The molecule has 2 aliphatic heterocycles. The van der Waals surface area contributed by atoms with Gasteiger partial charge in [-0.05, 0) is 73.5 Å². The van der Waals surface area contributed by atoms with Gasteiger partial charge in [-0.1, -0.05) is 48.6 Å². The van der Waals surface area contributed by atoms with E-state index in [0.717, 1.165) is 64.9 Å². The lowest BCUT2D eigenvalue weighted by Gasteiger charge is -2.18. The number of furan rings is 1. The highest BCUT2D eigenvalue weighted by Gasteiger charge is 2.34. The summed E-state index contributed by atoms with van der Waals surface area (Å²) in [5, 5.41) is 0.836. The topological polar surface area (TPSA) is 81.4 Å². The summed E-state index contributed by atoms with van der Waals surface area (Å²) in [6, 6.07) is 23.2. The van der Waals surface area contributed by atoms with E-state index in [4.69, 9.17) is 18.6 Å². The van der Waals surface area contributed by atoms with Gasteiger partial charge < -0.3 is 23.5 Å². The zero-order valence-electron chi connectivity index (χ0n) is 24.6. The molecule has 0 bridgehead atoms. The van der Waals surface area contributed by atoms with E-state index >= 15 is 0 Å². The van der Waals surface area contributed by atoms with Crippen LogP contribution in [-0.2, 0) is 17.6 Å². The third-order valence-electron chi connectivity index (χ3n) is 7.93. The standard InChI is InChI=1S/C36H32N2O6S/c39-35-33(45-36(40)38(35)20-22-42-26-13-5-2-6-14-26)17-9-10-18-34-37(19-21-41-25-11-3-1-4-12-25)29-23-28-27-15-7-8-16-30(27)43-31(28)24-32(29)44-34/h1-6,9-14,17-18,23-24H,7-8,15-16,19-22H2. The van der Waals surface area contributed by atoms with Gasteiger partial charge in [0.05, 0.1) is 23.7 Å². The number of allylic oxidation sites excluding steroid dienone is 4. The van der Waals surface area contributed by atoms with Gasteiger partial charge in [0.1, 0.15) is 36.1 Å². The van der Waals surface area contributed by atoms with Crippen LogP contribution in [-0.4, -0.2) is 42.3 Å². The molecule has 3 aliphatic rings. The molecule has 9 heteroatoms. The molecule has 4 aromatic rings. The first-order chi connectivity index (χ1) is 22.1. The molecule has 3 heterocycles. The number of aryl methyl sites for hydroxylation is 2. The molecule has 0 atom stereocenters. The fourth-order valence-corrected chi connectivity index (χ4v) is 6.56. The fourth-order valence-electron chi connectivity index (χ4n) is 5.74. The Bertz CT molecular complexity index is 1810. The number of fused-ring (bicyclic) bond motifs is 4. The molecule has 8 nitrogen and oxygen atoms in total. The van der Waals surface area contributed by atoms with Gasteiger partial charge in [-0.15, -0.1) is 0 Å². The lowest BCUT2D eigenvalue weighted by atomic mass is 9.96. The SMILES string of the molecule is O=C1SC(=CC=CC=C2Oc3cc4oc5c(c4cc3N2CCOc2ccccc2)CCCC5)C(=O)N1CCOc1ccccc1. The summed E-state index contributed by atoms with van der Waals surface area (Å²) in [5.41, 5.74) is 3.12. The largest absolute Gasteiger partial charge is 0.492 e. The van der Waals surface area contributed by atoms with Crippen molar-refractivity contribution in [3.05, 3.63) is 119 Å². The molecule has 228 valence electrons. The van der Waals surface area contributed by atoms with Gasteiger partial charge in [0.25, 0.3) is 11.1 Å². The van der Waals surface area contributed by atoms with Crippen molar-refractivity contribution in [3.8, 4) is 17.2 Å². The number of rotatable bonds is 10. The number of carbonyl (C=O) groups excluding carboxylic acids is 2. The molecule has 1 fully saturated rings. The predicted octanol–water partition coefficient (Wildman–Crippen LogP) is 7.65. The maximum absolute atomic E-state index is 12.9. The van der Waals surface area contributed by atoms with E-state index in [1.807, 2.05) is 78.9 Å². The van der Waals surface area contributed by atoms with E-state index in [-0.39, 0.29) is 24.3 Å². The van der Waals surface area contributed by atoms with Crippen LogP contribution in [0, 0.1) is 0 Å². The highest BCUT2D eigenvalue weighted by molar-refractivity contribution is 8.18. The quantitative estimate of drug-likeness (QED) is 0.167. The first kappa shape index (κ1) is 28.9. The second-order valence-corrected chi connectivity index (χ2v) is 11.8. The molecule has 1 aromatic heterocycles. The monoisotopic (exact) mass is 620 g/mol. The summed E-state index contributed by atoms with van der Waals surface area (Å²) in [5.74, 6) is 3.63. The normalized spacial score (nSPS) is 17.9. The van der Waals surface area contributed by atoms with E-state index < -0.39 is 0 Å². The van der Waals surface area contributed by atoms with Crippen LogP contribution >= 0.6 is 11.8 Å². The number of amides is 2. The van der Waals surface area contributed by atoms with Gasteiger partial charge in [-0.3, -0.25) is 14.5 Å². The Hall–Kier alpha value is -4.89. The average molecular weight is 621 g/mol. The van der Waals surface area contributed by atoms with Crippen LogP contribution in [0.5, 0.6) is 17.2 Å². The van der Waals surface area contributed by atoms with Crippen LogP contribution in [0.25, 0.3) is 11.0 Å². The van der Waals surface area contributed by atoms with Crippen LogP contribution in [0.15, 0.2) is 112 Å². The van der Waals surface area contributed by atoms with Crippen molar-refractivity contribution in [1.29, 1.82) is 0 Å². The number of hydrogen-bond acceptors (Lipinski definition) is 8. The second-order valence-electron chi connectivity index (χ2n) is 10.8. The lowest BCUT2D eigenvalue weighted by molar-refractivity contribution is -0.123. The van der Waals surface area contributed by atoms with Gasteiger partial charge in [0.2, 0.25) is 5.88 Å². The Kier molecular flexibility index (Phi) is 8.33. The van der Waals surface area contributed by atoms with Gasteiger partial charge in [-0.25, -0.2) is 0 Å². The number of nitrogens with zero attached hydrogens (tertiary/aromatic N) is 2. The second kappa shape index (κ2) is 13.0. The summed E-state index contributed by atoms with van der Waals surface area (Å²) < 4.78 is 24.2. The molecule has 0 radical (unpaired) electrons. The highest BCUT2D eigenvalue weighted by atomic mass is 32.2. The van der Waals surface area contributed by atoms with Crippen LogP contribution in [0.1, 0.15) is 24.2 Å². The summed E-state index contributed by atoms with van der Waals surface area (Å²) in [4.78, 5) is 29.1. The molecule has 0 saturated carbocycles. The fraction of sp³-hybridized carbons (Fsp3) is 0.222. The molecule has 45 heavy (non-hydrogen) atoms. The first-order valence-electron chi connectivity index (χ1n) is 15.2. The van der Waals surface area contributed by atoms with Crippen molar-refractivity contribution in [1.82, 2.24) is 4.90 Å². The minimum atomic E-state index is -0.325. The Balaban J connectivity index is 1.06. The smallest absolute Gasteiger partial charge is 0.293 e. The number of para-hydroxylation sites is 2. The third-order valence-corrected chi connectivity index (χ3v) is 8.86.